The quantitative estimate of drug-likeness (QED) is 0.691. The van der Waals surface area contributed by atoms with Crippen molar-refractivity contribution in [1.82, 2.24) is 0 Å². The minimum atomic E-state index is -0.0507. The smallest absolute Gasteiger partial charge is 0.135 e. The molecule has 1 aliphatic carbocycles. The van der Waals surface area contributed by atoms with Crippen LogP contribution < -0.4 is 0 Å². The Morgan fingerprint density at radius 1 is 1.18 bits per heavy atom. The van der Waals surface area contributed by atoms with Gasteiger partial charge in [0, 0.05) is 18.9 Å². The molecule has 0 aliphatic heterocycles. The van der Waals surface area contributed by atoms with Gasteiger partial charge < -0.3 is 4.74 Å². The van der Waals surface area contributed by atoms with E-state index in [-0.39, 0.29) is 5.60 Å². The van der Waals surface area contributed by atoms with E-state index in [1.165, 1.54) is 19.3 Å². The molecule has 1 fully saturated rings. The van der Waals surface area contributed by atoms with Crippen molar-refractivity contribution in [2.24, 2.45) is 5.92 Å². The summed E-state index contributed by atoms with van der Waals surface area (Å²) >= 11 is 0. The van der Waals surface area contributed by atoms with Crippen LogP contribution in [0.4, 0.5) is 0 Å². The Hall–Kier alpha value is -0.370. The van der Waals surface area contributed by atoms with Crippen LogP contribution in [0.2, 0.25) is 0 Å². The molecular weight excluding hydrogens is 212 g/mol. The number of ether oxygens (including phenoxy) is 1. The molecule has 1 unspecified atom stereocenters. The standard InChI is InChI=1S/C15H28O2/c1-15(2,3)17-12-8-10-13-9-6-4-5-7-11-14(13)16/h13H,4-12H2,1-3H3. The van der Waals surface area contributed by atoms with Crippen LogP contribution in [0, 0.1) is 5.92 Å². The number of Topliss-reactive ketones (excluding diaryl/α,β-unsaturated/α-hetero) is 1. The van der Waals surface area contributed by atoms with Crippen molar-refractivity contribution in [1.29, 1.82) is 0 Å². The Bertz CT molecular complexity index is 228. The number of rotatable bonds is 4. The topological polar surface area (TPSA) is 26.3 Å². The molecular formula is C15H28O2. The van der Waals surface area contributed by atoms with Crippen LogP contribution in [0.3, 0.4) is 0 Å². The van der Waals surface area contributed by atoms with Crippen LogP contribution in [0.1, 0.15) is 72.1 Å². The molecule has 0 bridgehead atoms. The average Bonchev–Trinajstić information content (AvgIpc) is 2.20. The third kappa shape index (κ3) is 6.82. The van der Waals surface area contributed by atoms with Crippen molar-refractivity contribution in [2.45, 2.75) is 77.7 Å². The van der Waals surface area contributed by atoms with Gasteiger partial charge in [-0.05, 0) is 46.5 Å². The fraction of sp³-hybridized carbons (Fsp3) is 0.933. The SMILES string of the molecule is CC(C)(C)OCCCC1CCCCCCC1=O. The van der Waals surface area contributed by atoms with Gasteiger partial charge in [0.25, 0.3) is 0 Å². The van der Waals surface area contributed by atoms with Crippen LogP contribution in [0.5, 0.6) is 0 Å². The van der Waals surface area contributed by atoms with Crippen molar-refractivity contribution < 1.29 is 9.53 Å². The first-order chi connectivity index (χ1) is 7.99. The molecule has 0 heterocycles. The van der Waals surface area contributed by atoms with Crippen LogP contribution in [0.15, 0.2) is 0 Å². The van der Waals surface area contributed by atoms with Crippen LogP contribution in [0.25, 0.3) is 0 Å². The van der Waals surface area contributed by atoms with E-state index in [0.717, 1.165) is 38.7 Å². The lowest BCUT2D eigenvalue weighted by Crippen LogP contribution is -2.21. The first-order valence-electron chi connectivity index (χ1n) is 7.16. The van der Waals surface area contributed by atoms with Crippen LogP contribution in [-0.4, -0.2) is 18.0 Å². The number of carbonyl (C=O) groups excluding carboxylic acids is 1. The average molecular weight is 240 g/mol. The molecule has 1 rings (SSSR count). The summed E-state index contributed by atoms with van der Waals surface area (Å²) in [5.41, 5.74) is -0.0507. The maximum atomic E-state index is 11.9. The summed E-state index contributed by atoms with van der Waals surface area (Å²) in [6.45, 7) is 7.02. The lowest BCUT2D eigenvalue weighted by Gasteiger charge is -2.21. The normalized spacial score (nSPS) is 23.2. The van der Waals surface area contributed by atoms with E-state index in [9.17, 15) is 4.79 Å². The van der Waals surface area contributed by atoms with Gasteiger partial charge in [-0.25, -0.2) is 0 Å². The summed E-state index contributed by atoms with van der Waals surface area (Å²) in [5.74, 6) is 0.819. The van der Waals surface area contributed by atoms with Gasteiger partial charge >= 0.3 is 0 Å². The Labute approximate surface area is 106 Å². The van der Waals surface area contributed by atoms with Crippen molar-refractivity contribution >= 4 is 5.78 Å². The molecule has 17 heavy (non-hydrogen) atoms. The zero-order valence-corrected chi connectivity index (χ0v) is 11.8. The summed E-state index contributed by atoms with van der Waals surface area (Å²) < 4.78 is 5.70. The first-order valence-corrected chi connectivity index (χ1v) is 7.16. The summed E-state index contributed by atoms with van der Waals surface area (Å²) in [6.07, 6.45) is 8.85. The third-order valence-corrected chi connectivity index (χ3v) is 3.41. The maximum absolute atomic E-state index is 11.9. The van der Waals surface area contributed by atoms with Crippen molar-refractivity contribution in [2.75, 3.05) is 6.61 Å². The minimum absolute atomic E-state index is 0.0507. The fourth-order valence-corrected chi connectivity index (χ4v) is 2.42. The lowest BCUT2D eigenvalue weighted by molar-refractivity contribution is -0.123. The molecule has 2 heteroatoms. The molecule has 0 aromatic rings. The number of hydrogen-bond acceptors (Lipinski definition) is 2. The largest absolute Gasteiger partial charge is 0.376 e. The maximum Gasteiger partial charge on any atom is 0.135 e. The van der Waals surface area contributed by atoms with Gasteiger partial charge in [0.2, 0.25) is 0 Å². The van der Waals surface area contributed by atoms with E-state index in [2.05, 4.69) is 20.8 Å². The first kappa shape index (κ1) is 14.7. The Morgan fingerprint density at radius 3 is 2.59 bits per heavy atom. The van der Waals surface area contributed by atoms with E-state index >= 15 is 0 Å². The lowest BCUT2D eigenvalue weighted by atomic mass is 9.87. The van der Waals surface area contributed by atoms with Crippen molar-refractivity contribution in [3.63, 3.8) is 0 Å². The predicted octanol–water partition coefficient (Wildman–Crippen LogP) is 4.12. The summed E-state index contributed by atoms with van der Waals surface area (Å²) in [4.78, 5) is 11.9. The molecule has 1 saturated carbocycles. The fourth-order valence-electron chi connectivity index (χ4n) is 2.42. The van der Waals surface area contributed by atoms with Gasteiger partial charge in [-0.15, -0.1) is 0 Å². The van der Waals surface area contributed by atoms with E-state index in [4.69, 9.17) is 4.74 Å². The molecule has 0 saturated heterocycles. The highest BCUT2D eigenvalue weighted by atomic mass is 16.5. The number of carbonyl (C=O) groups is 1. The van der Waals surface area contributed by atoms with Gasteiger partial charge in [-0.2, -0.15) is 0 Å². The monoisotopic (exact) mass is 240 g/mol. The highest BCUT2D eigenvalue weighted by Gasteiger charge is 2.19. The number of ketones is 1. The predicted molar refractivity (Wildman–Crippen MR) is 71.1 cm³/mol. The molecule has 1 atom stereocenters. The summed E-state index contributed by atoms with van der Waals surface area (Å²) in [7, 11) is 0. The minimum Gasteiger partial charge on any atom is -0.376 e. The summed E-state index contributed by atoms with van der Waals surface area (Å²) in [6, 6.07) is 0. The zero-order valence-electron chi connectivity index (χ0n) is 11.8. The van der Waals surface area contributed by atoms with E-state index in [1.54, 1.807) is 0 Å². The van der Waals surface area contributed by atoms with Crippen LogP contribution >= 0.6 is 0 Å². The Balaban J connectivity index is 2.21. The van der Waals surface area contributed by atoms with Crippen LogP contribution in [-0.2, 0) is 9.53 Å². The third-order valence-electron chi connectivity index (χ3n) is 3.41. The molecule has 0 radical (unpaired) electrons. The molecule has 100 valence electrons. The molecule has 0 N–H and O–H groups in total. The molecule has 0 aromatic heterocycles. The molecule has 0 aromatic carbocycles. The highest BCUT2D eigenvalue weighted by Crippen LogP contribution is 2.23. The van der Waals surface area contributed by atoms with Gasteiger partial charge in [0.05, 0.1) is 5.60 Å². The Kier molecular flexibility index (Phi) is 6.18. The van der Waals surface area contributed by atoms with Crippen molar-refractivity contribution in [3.05, 3.63) is 0 Å². The number of hydrogen-bond donors (Lipinski definition) is 0. The van der Waals surface area contributed by atoms with Gasteiger partial charge in [0.15, 0.2) is 0 Å². The van der Waals surface area contributed by atoms with Gasteiger partial charge in [-0.3, -0.25) is 4.79 Å². The van der Waals surface area contributed by atoms with Gasteiger partial charge in [-0.1, -0.05) is 19.3 Å². The van der Waals surface area contributed by atoms with E-state index < -0.39 is 0 Å². The van der Waals surface area contributed by atoms with Crippen molar-refractivity contribution in [3.8, 4) is 0 Å². The van der Waals surface area contributed by atoms with Gasteiger partial charge in [0.1, 0.15) is 5.78 Å². The van der Waals surface area contributed by atoms with E-state index in [1.807, 2.05) is 0 Å². The molecule has 0 spiro atoms. The zero-order chi connectivity index (χ0) is 12.7. The highest BCUT2D eigenvalue weighted by molar-refractivity contribution is 5.80. The summed E-state index contributed by atoms with van der Waals surface area (Å²) in [5, 5.41) is 0. The van der Waals surface area contributed by atoms with E-state index in [0.29, 0.717) is 11.7 Å². The molecule has 0 amide bonds. The molecule has 2 nitrogen and oxygen atoms in total. The Morgan fingerprint density at radius 2 is 1.88 bits per heavy atom. The second kappa shape index (κ2) is 7.15. The molecule has 1 aliphatic rings. The second-order valence-corrected chi connectivity index (χ2v) is 6.22. The second-order valence-electron chi connectivity index (χ2n) is 6.22.